The molecule has 2 aromatic carbocycles. The first kappa shape index (κ1) is 20.8. The van der Waals surface area contributed by atoms with Crippen LogP contribution in [0.1, 0.15) is 5.56 Å². The van der Waals surface area contributed by atoms with E-state index in [1.807, 2.05) is 12.1 Å². The van der Waals surface area contributed by atoms with Gasteiger partial charge in [-0.25, -0.2) is 4.39 Å². The number of carbonyl (C=O) groups excluding carboxylic acids is 1. The lowest BCUT2D eigenvalue weighted by atomic mass is 10.2. The minimum atomic E-state index is -0.219. The summed E-state index contributed by atoms with van der Waals surface area (Å²) in [6, 6.07) is 14.7. The molecule has 1 N–H and O–H groups in total. The summed E-state index contributed by atoms with van der Waals surface area (Å²) in [7, 11) is 0. The van der Waals surface area contributed by atoms with Crippen LogP contribution in [0, 0.1) is 5.82 Å². The van der Waals surface area contributed by atoms with E-state index in [-0.39, 0.29) is 11.7 Å². The Morgan fingerprint density at radius 1 is 0.867 bits per heavy atom. The third-order valence-corrected chi connectivity index (χ3v) is 5.68. The van der Waals surface area contributed by atoms with Crippen LogP contribution in [-0.2, 0) is 16.1 Å². The number of hydrogen-bond donors (Lipinski definition) is 1. The lowest BCUT2D eigenvalue weighted by molar-refractivity contribution is -0.117. The molecule has 1 amide bonds. The molecular formula is C23H29FN4O2. The lowest BCUT2D eigenvalue weighted by Crippen LogP contribution is -2.48. The van der Waals surface area contributed by atoms with Gasteiger partial charge in [0.05, 0.1) is 19.8 Å². The van der Waals surface area contributed by atoms with Gasteiger partial charge in [-0.3, -0.25) is 14.6 Å². The van der Waals surface area contributed by atoms with Gasteiger partial charge in [0, 0.05) is 57.2 Å². The van der Waals surface area contributed by atoms with Crippen LogP contribution in [0.2, 0.25) is 0 Å². The Bertz CT molecular complexity index is 814. The zero-order chi connectivity index (χ0) is 20.8. The van der Waals surface area contributed by atoms with Gasteiger partial charge in [-0.1, -0.05) is 12.1 Å². The van der Waals surface area contributed by atoms with Crippen molar-refractivity contribution in [2.24, 2.45) is 0 Å². The van der Waals surface area contributed by atoms with E-state index in [1.165, 1.54) is 17.7 Å². The maximum Gasteiger partial charge on any atom is 0.238 e. The molecule has 0 unspecified atom stereocenters. The minimum Gasteiger partial charge on any atom is -0.379 e. The van der Waals surface area contributed by atoms with Crippen molar-refractivity contribution in [2.75, 3.05) is 69.2 Å². The van der Waals surface area contributed by atoms with Crippen molar-refractivity contribution in [3.63, 3.8) is 0 Å². The molecule has 0 atom stereocenters. The van der Waals surface area contributed by atoms with Crippen molar-refractivity contribution in [3.8, 4) is 0 Å². The fraction of sp³-hybridized carbons (Fsp3) is 0.435. The van der Waals surface area contributed by atoms with E-state index in [2.05, 4.69) is 32.1 Å². The number of carbonyl (C=O) groups is 1. The molecule has 2 aromatic rings. The van der Waals surface area contributed by atoms with Crippen molar-refractivity contribution in [1.29, 1.82) is 0 Å². The minimum absolute atomic E-state index is 0.00571. The Morgan fingerprint density at radius 3 is 2.20 bits per heavy atom. The molecule has 4 rings (SSSR count). The van der Waals surface area contributed by atoms with Gasteiger partial charge in [0.15, 0.2) is 0 Å². The van der Waals surface area contributed by atoms with Gasteiger partial charge in [0.1, 0.15) is 5.82 Å². The number of nitrogens with one attached hydrogen (secondary N) is 1. The Balaban J connectivity index is 1.20. The molecule has 0 aliphatic carbocycles. The molecule has 2 saturated heterocycles. The molecule has 2 heterocycles. The van der Waals surface area contributed by atoms with Gasteiger partial charge >= 0.3 is 0 Å². The first-order valence-electron chi connectivity index (χ1n) is 10.6. The summed E-state index contributed by atoms with van der Waals surface area (Å²) in [5, 5.41) is 3.00. The molecule has 0 radical (unpaired) electrons. The zero-order valence-corrected chi connectivity index (χ0v) is 17.2. The molecule has 30 heavy (non-hydrogen) atoms. The third-order valence-electron chi connectivity index (χ3n) is 5.68. The normalized spacial score (nSPS) is 18.4. The topological polar surface area (TPSA) is 48.1 Å². The standard InChI is InChI=1S/C23H29FN4O2/c24-20-3-7-22(8-4-20)28-11-9-26(10-12-28)18-23(29)25-21-5-1-19(2-6-21)17-27-13-15-30-16-14-27/h1-8H,9-18H2,(H,25,29). The number of morpholine rings is 1. The maximum absolute atomic E-state index is 13.1. The Morgan fingerprint density at radius 2 is 1.53 bits per heavy atom. The van der Waals surface area contributed by atoms with Crippen LogP contribution in [-0.4, -0.2) is 74.7 Å². The summed E-state index contributed by atoms with van der Waals surface area (Å²) >= 11 is 0. The second-order valence-corrected chi connectivity index (χ2v) is 7.87. The van der Waals surface area contributed by atoms with Crippen molar-refractivity contribution in [2.45, 2.75) is 6.54 Å². The molecule has 0 spiro atoms. The van der Waals surface area contributed by atoms with E-state index in [9.17, 15) is 9.18 Å². The molecule has 0 aromatic heterocycles. The largest absolute Gasteiger partial charge is 0.379 e. The van der Waals surface area contributed by atoms with E-state index >= 15 is 0 Å². The number of ether oxygens (including phenoxy) is 1. The smallest absolute Gasteiger partial charge is 0.238 e. The van der Waals surface area contributed by atoms with Crippen LogP contribution in [0.4, 0.5) is 15.8 Å². The highest BCUT2D eigenvalue weighted by molar-refractivity contribution is 5.92. The average Bonchev–Trinajstić information content (AvgIpc) is 2.77. The average molecular weight is 413 g/mol. The molecule has 160 valence electrons. The Hall–Kier alpha value is -2.48. The number of anilines is 2. The molecule has 0 saturated carbocycles. The molecular weight excluding hydrogens is 383 g/mol. The maximum atomic E-state index is 13.1. The summed E-state index contributed by atoms with van der Waals surface area (Å²) in [6.07, 6.45) is 0. The quantitative estimate of drug-likeness (QED) is 0.790. The van der Waals surface area contributed by atoms with Gasteiger partial charge in [0.25, 0.3) is 0 Å². The number of amides is 1. The van der Waals surface area contributed by atoms with Crippen LogP contribution in [0.15, 0.2) is 48.5 Å². The SMILES string of the molecule is O=C(CN1CCN(c2ccc(F)cc2)CC1)Nc1ccc(CN2CCOCC2)cc1. The monoisotopic (exact) mass is 412 g/mol. The second-order valence-electron chi connectivity index (χ2n) is 7.87. The van der Waals surface area contributed by atoms with Crippen molar-refractivity contribution in [1.82, 2.24) is 9.80 Å². The van der Waals surface area contributed by atoms with Gasteiger partial charge < -0.3 is 15.0 Å². The molecule has 2 aliphatic heterocycles. The fourth-order valence-corrected chi connectivity index (χ4v) is 3.93. The third kappa shape index (κ3) is 5.78. The van der Waals surface area contributed by atoms with Crippen LogP contribution >= 0.6 is 0 Å². The zero-order valence-electron chi connectivity index (χ0n) is 17.2. The van der Waals surface area contributed by atoms with Crippen LogP contribution in [0.25, 0.3) is 0 Å². The number of benzene rings is 2. The number of halogens is 1. The molecule has 7 heteroatoms. The van der Waals surface area contributed by atoms with Crippen LogP contribution < -0.4 is 10.2 Å². The summed E-state index contributed by atoms with van der Waals surface area (Å²) in [5.41, 5.74) is 3.10. The summed E-state index contributed by atoms with van der Waals surface area (Å²) < 4.78 is 18.5. The predicted molar refractivity (Wildman–Crippen MR) is 116 cm³/mol. The van der Waals surface area contributed by atoms with Crippen LogP contribution in [0.5, 0.6) is 0 Å². The summed E-state index contributed by atoms with van der Waals surface area (Å²) in [4.78, 5) is 19.2. The first-order chi connectivity index (χ1) is 14.7. The highest BCUT2D eigenvalue weighted by Gasteiger charge is 2.19. The molecule has 2 fully saturated rings. The van der Waals surface area contributed by atoms with E-state index in [1.54, 1.807) is 12.1 Å². The van der Waals surface area contributed by atoms with E-state index in [0.717, 1.165) is 70.4 Å². The molecule has 2 aliphatic rings. The Labute approximate surface area is 177 Å². The van der Waals surface area contributed by atoms with Gasteiger partial charge in [-0.2, -0.15) is 0 Å². The molecule has 0 bridgehead atoms. The Kier molecular flexibility index (Phi) is 6.94. The number of nitrogens with zero attached hydrogens (tertiary/aromatic N) is 3. The first-order valence-corrected chi connectivity index (χ1v) is 10.6. The van der Waals surface area contributed by atoms with Gasteiger partial charge in [-0.05, 0) is 42.0 Å². The highest BCUT2D eigenvalue weighted by Crippen LogP contribution is 2.17. The van der Waals surface area contributed by atoms with E-state index < -0.39 is 0 Å². The number of rotatable bonds is 6. The van der Waals surface area contributed by atoms with E-state index in [4.69, 9.17) is 4.74 Å². The number of piperazine rings is 1. The second kappa shape index (κ2) is 10.0. The predicted octanol–water partition coefficient (Wildman–Crippen LogP) is 2.42. The fourth-order valence-electron chi connectivity index (χ4n) is 3.93. The van der Waals surface area contributed by atoms with Gasteiger partial charge in [0.2, 0.25) is 5.91 Å². The summed E-state index contributed by atoms with van der Waals surface area (Å²) in [6.45, 7) is 8.10. The molecule has 6 nitrogen and oxygen atoms in total. The van der Waals surface area contributed by atoms with Crippen molar-refractivity contribution >= 4 is 17.3 Å². The van der Waals surface area contributed by atoms with Crippen LogP contribution in [0.3, 0.4) is 0 Å². The highest BCUT2D eigenvalue weighted by atomic mass is 19.1. The van der Waals surface area contributed by atoms with E-state index in [0.29, 0.717) is 6.54 Å². The summed E-state index contributed by atoms with van der Waals surface area (Å²) in [5.74, 6) is -0.214. The lowest BCUT2D eigenvalue weighted by Gasteiger charge is -2.35. The number of hydrogen-bond acceptors (Lipinski definition) is 5. The van der Waals surface area contributed by atoms with Crippen molar-refractivity contribution < 1.29 is 13.9 Å². The van der Waals surface area contributed by atoms with Crippen molar-refractivity contribution in [3.05, 3.63) is 59.9 Å². The van der Waals surface area contributed by atoms with Gasteiger partial charge in [-0.15, -0.1) is 0 Å².